The summed E-state index contributed by atoms with van der Waals surface area (Å²) < 4.78 is 37.9. The van der Waals surface area contributed by atoms with E-state index in [1.54, 1.807) is 0 Å². The van der Waals surface area contributed by atoms with Gasteiger partial charge in [-0.15, -0.1) is 0 Å². The van der Waals surface area contributed by atoms with Crippen LogP contribution in [0.15, 0.2) is 445 Å². The third-order valence-electron chi connectivity index (χ3n) is 26.6. The van der Waals surface area contributed by atoms with Crippen molar-refractivity contribution in [2.24, 2.45) is 0 Å². The fourth-order valence-electron chi connectivity index (χ4n) is 19.8. The SMILES string of the molecule is c1ccc2cc(-c3nc(-c4ccc5c(c4)oc4ccccc45)nc(-c4ccc5oc6cc7ccccc7cc6c5c4)n3)ccc2c1.c1ccc2cc(-c3nc(-c4ccc5c(c4)oc4ccccc45)nc(-c4cccc5c4oc4cc6ccccc6cc45)n3)ccc2c1.c1ccc2cc(-c3nc(-c4ccc5c(c4)oc4ccccc45)nc(-c4cccc5oc6cc7ccccc7cc6c45)n3)ccc2c1. The summed E-state index contributed by atoms with van der Waals surface area (Å²) in [7, 11) is 0. The van der Waals surface area contributed by atoms with Crippen molar-refractivity contribution in [3.8, 4) is 102 Å². The number of fused-ring (bicyclic) bond motifs is 24. The zero-order valence-electron chi connectivity index (χ0n) is 73.3. The van der Waals surface area contributed by atoms with Crippen LogP contribution in [-0.4, -0.2) is 44.9 Å². The van der Waals surface area contributed by atoms with Crippen LogP contribution < -0.4 is 0 Å². The van der Waals surface area contributed by atoms with Crippen molar-refractivity contribution >= 4 is 196 Å². The monoisotopic (exact) mass is 1770 g/mol. The van der Waals surface area contributed by atoms with Crippen molar-refractivity contribution in [1.29, 1.82) is 0 Å². The molecular weight excluding hydrogens is 1700 g/mol. The van der Waals surface area contributed by atoms with E-state index >= 15 is 0 Å². The van der Waals surface area contributed by atoms with Crippen LogP contribution in [0.2, 0.25) is 0 Å². The molecule has 0 saturated heterocycles. The van der Waals surface area contributed by atoms with Crippen molar-refractivity contribution in [3.05, 3.63) is 419 Å². The van der Waals surface area contributed by atoms with Gasteiger partial charge in [0.15, 0.2) is 52.4 Å². The molecule has 9 heterocycles. The Morgan fingerprint density at radius 2 is 0.370 bits per heavy atom. The maximum absolute atomic E-state index is 6.57. The van der Waals surface area contributed by atoms with Crippen LogP contribution in [0.3, 0.4) is 0 Å². The molecule has 0 atom stereocenters. The molecule has 138 heavy (non-hydrogen) atoms. The number of aromatic nitrogens is 9. The summed E-state index contributed by atoms with van der Waals surface area (Å²) in [6.45, 7) is 0. The minimum Gasteiger partial charge on any atom is -0.456 e. The normalized spacial score (nSPS) is 11.9. The molecule has 30 aromatic rings. The van der Waals surface area contributed by atoms with Crippen molar-refractivity contribution in [3.63, 3.8) is 0 Å². The van der Waals surface area contributed by atoms with Crippen LogP contribution in [0, 0.1) is 0 Å². The molecule has 0 unspecified atom stereocenters. The van der Waals surface area contributed by atoms with E-state index in [9.17, 15) is 0 Å². The van der Waals surface area contributed by atoms with Gasteiger partial charge in [0.05, 0.1) is 5.56 Å². The highest BCUT2D eigenvalue weighted by Gasteiger charge is 2.25. The highest BCUT2D eigenvalue weighted by Crippen LogP contribution is 2.45. The van der Waals surface area contributed by atoms with Gasteiger partial charge in [-0.1, -0.05) is 279 Å². The molecule has 0 aliphatic rings. The van der Waals surface area contributed by atoms with Gasteiger partial charge in [-0.3, -0.25) is 0 Å². The fraction of sp³-hybridized carbons (Fsp3) is 0. The van der Waals surface area contributed by atoms with Gasteiger partial charge in [-0.05, 0) is 204 Å². The first-order chi connectivity index (χ1) is 68.2. The van der Waals surface area contributed by atoms with Crippen molar-refractivity contribution < 1.29 is 26.5 Å². The average molecular weight is 1770 g/mol. The molecule has 21 aromatic carbocycles. The molecule has 0 spiro atoms. The predicted octanol–water partition coefficient (Wildman–Crippen LogP) is 32.9. The lowest BCUT2D eigenvalue weighted by molar-refractivity contribution is 0.668. The largest absolute Gasteiger partial charge is 0.456 e. The lowest BCUT2D eigenvalue weighted by atomic mass is 10.0. The van der Waals surface area contributed by atoms with Gasteiger partial charge in [0, 0.05) is 109 Å². The molecule has 0 amide bonds. The molecule has 0 saturated carbocycles. The molecule has 15 nitrogen and oxygen atoms in total. The number of nitrogens with zero attached hydrogens (tertiary/aromatic N) is 9. The second-order valence-electron chi connectivity index (χ2n) is 35.0. The van der Waals surface area contributed by atoms with E-state index in [2.05, 4.69) is 261 Å². The maximum Gasteiger partial charge on any atom is 0.167 e. The van der Waals surface area contributed by atoms with Crippen LogP contribution in [0.4, 0.5) is 0 Å². The van der Waals surface area contributed by atoms with Gasteiger partial charge in [-0.2, -0.15) is 0 Å². The first kappa shape index (κ1) is 77.7. The van der Waals surface area contributed by atoms with E-state index in [0.29, 0.717) is 52.4 Å². The molecule has 0 radical (unpaired) electrons. The molecule has 9 aromatic heterocycles. The van der Waals surface area contributed by atoms with E-state index < -0.39 is 0 Å². The molecular formula is C123H69N9O6. The Kier molecular flexibility index (Phi) is 17.7. The summed E-state index contributed by atoms with van der Waals surface area (Å²) >= 11 is 0. The first-order valence-electron chi connectivity index (χ1n) is 45.8. The minimum absolute atomic E-state index is 0.548. The van der Waals surface area contributed by atoms with Crippen LogP contribution in [0.1, 0.15) is 0 Å². The number of furan rings is 6. The van der Waals surface area contributed by atoms with Crippen molar-refractivity contribution in [1.82, 2.24) is 44.9 Å². The second-order valence-corrected chi connectivity index (χ2v) is 35.0. The number of rotatable bonds is 9. The summed E-state index contributed by atoms with van der Waals surface area (Å²) in [6, 6.07) is 143. The Morgan fingerprint density at radius 3 is 0.790 bits per heavy atom. The van der Waals surface area contributed by atoms with E-state index in [1.165, 1.54) is 16.2 Å². The maximum atomic E-state index is 6.57. The lowest BCUT2D eigenvalue weighted by Gasteiger charge is -2.10. The quantitative estimate of drug-likeness (QED) is 0.132. The standard InChI is InChI=1S/3C41H23N3O2/c1-2-9-25-20-28(17-16-24(25)8-1)39-42-40(29-18-19-31-30-12-5-6-15-35(30)45-36(31)23-29)44-41(43-39)33-14-7-13-32-34-21-26-10-3-4-11-27(26)22-37(34)46-38(32)33;1-2-9-25-20-28(17-16-24(25)8-1)39-42-40(29-18-19-31-30-12-5-6-14-34(30)45-36(31)23-29)44-41(43-39)32-13-7-15-35-38(32)33-21-26-10-3-4-11-27(26)22-37(33)46-35;1-2-8-25-19-28(14-13-24(25)7-1)39-42-40(44-41(43-39)30-15-17-32-31-11-5-6-12-35(31)45-37(32)23-30)29-16-18-36-33(21-29)34-20-26-9-3-4-10-27(26)22-38(34)46-36/h3*1-23H. The summed E-state index contributed by atoms with van der Waals surface area (Å²) in [5.41, 5.74) is 17.8. The van der Waals surface area contributed by atoms with Crippen LogP contribution in [0.5, 0.6) is 0 Å². The van der Waals surface area contributed by atoms with E-state index in [-0.39, 0.29) is 0 Å². The van der Waals surface area contributed by atoms with Crippen molar-refractivity contribution in [2.45, 2.75) is 0 Å². The third kappa shape index (κ3) is 13.4. The number of benzene rings is 21. The molecule has 0 N–H and O–H groups in total. The Bertz CT molecular complexity index is 10300. The van der Waals surface area contributed by atoms with E-state index in [4.69, 9.17) is 71.4 Å². The summed E-state index contributed by atoms with van der Waals surface area (Å²) in [5, 5.41) is 26.4. The van der Waals surface area contributed by atoms with Crippen LogP contribution >= 0.6 is 0 Å². The van der Waals surface area contributed by atoms with Gasteiger partial charge in [0.25, 0.3) is 0 Å². The van der Waals surface area contributed by atoms with Gasteiger partial charge < -0.3 is 26.5 Å². The first-order valence-corrected chi connectivity index (χ1v) is 45.8. The highest BCUT2D eigenvalue weighted by molar-refractivity contribution is 6.18. The molecule has 0 aliphatic heterocycles. The molecule has 15 heteroatoms. The van der Waals surface area contributed by atoms with Gasteiger partial charge in [-0.25, -0.2) is 44.9 Å². The smallest absolute Gasteiger partial charge is 0.167 e. The second kappa shape index (κ2) is 31.4. The summed E-state index contributed by atoms with van der Waals surface area (Å²) in [6.07, 6.45) is 0. The van der Waals surface area contributed by atoms with Gasteiger partial charge in [0.1, 0.15) is 67.0 Å². The molecule has 0 bridgehead atoms. The third-order valence-corrected chi connectivity index (χ3v) is 26.6. The topological polar surface area (TPSA) is 195 Å². The molecule has 0 fully saturated rings. The number of para-hydroxylation sites is 4. The zero-order valence-corrected chi connectivity index (χ0v) is 73.3. The zero-order chi connectivity index (χ0) is 90.6. The summed E-state index contributed by atoms with van der Waals surface area (Å²) in [5.74, 6) is 5.25. The van der Waals surface area contributed by atoms with Crippen LogP contribution in [-0.2, 0) is 0 Å². The molecule has 0 aliphatic carbocycles. The average Bonchev–Trinajstić information content (AvgIpc) is 1.58. The Balaban J connectivity index is 0.000000102. The Hall–Kier alpha value is -19.0. The fourth-order valence-corrected chi connectivity index (χ4v) is 19.8. The Morgan fingerprint density at radius 1 is 0.123 bits per heavy atom. The molecule has 30 rings (SSSR count). The lowest BCUT2D eigenvalue weighted by Crippen LogP contribution is -2.00. The van der Waals surface area contributed by atoms with E-state index in [1.807, 2.05) is 158 Å². The van der Waals surface area contributed by atoms with Crippen LogP contribution in [0.25, 0.3) is 299 Å². The number of hydrogen-bond acceptors (Lipinski definition) is 15. The van der Waals surface area contributed by atoms with E-state index in [0.717, 1.165) is 230 Å². The predicted molar refractivity (Wildman–Crippen MR) is 557 cm³/mol. The van der Waals surface area contributed by atoms with Gasteiger partial charge >= 0.3 is 0 Å². The Labute approximate surface area is 783 Å². The minimum atomic E-state index is 0.548. The van der Waals surface area contributed by atoms with Crippen molar-refractivity contribution in [2.75, 3.05) is 0 Å². The number of hydrogen-bond donors (Lipinski definition) is 0. The highest BCUT2D eigenvalue weighted by atomic mass is 16.3. The van der Waals surface area contributed by atoms with Gasteiger partial charge in [0.2, 0.25) is 0 Å². The molecule has 642 valence electrons. The summed E-state index contributed by atoms with van der Waals surface area (Å²) in [4.78, 5) is 45.6.